The van der Waals surface area contributed by atoms with E-state index in [0.717, 1.165) is 0 Å². The summed E-state index contributed by atoms with van der Waals surface area (Å²) in [5, 5.41) is 15.7. The molecular weight excluding hydrogens is 367 g/mol. The maximum Gasteiger partial charge on any atom is 0.317 e. The Labute approximate surface area is 148 Å². The molecule has 0 radical (unpaired) electrons. The molecule has 2 amide bonds. The van der Waals surface area contributed by atoms with Crippen LogP contribution in [0.5, 0.6) is 0 Å². The standard InChI is InChI=1S/C14H15Cl3N2O4/c1-2-23-11(20)9-10(14(15,16)17)18-12(21)19-13(9,22)8-6-4-3-5-7-8/h3-7,9-10,22H,2H2,1H3,(H2,18,19,21). The molecule has 0 aliphatic carbocycles. The number of esters is 1. The molecule has 1 aliphatic rings. The number of alkyl halides is 3. The molecule has 0 spiro atoms. The molecule has 0 aromatic heterocycles. The van der Waals surface area contributed by atoms with Crippen LogP contribution in [0.2, 0.25) is 0 Å². The molecule has 6 nitrogen and oxygen atoms in total. The minimum absolute atomic E-state index is 0.0702. The van der Waals surface area contributed by atoms with Crippen LogP contribution in [0.15, 0.2) is 30.3 Å². The van der Waals surface area contributed by atoms with Gasteiger partial charge in [0, 0.05) is 5.56 Å². The first-order chi connectivity index (χ1) is 10.7. The zero-order chi connectivity index (χ0) is 17.3. The quantitative estimate of drug-likeness (QED) is 0.552. The van der Waals surface area contributed by atoms with Crippen molar-refractivity contribution in [1.29, 1.82) is 0 Å². The van der Waals surface area contributed by atoms with Crippen molar-refractivity contribution in [2.75, 3.05) is 6.61 Å². The second-order valence-corrected chi connectivity index (χ2v) is 7.35. The number of nitrogens with one attached hydrogen (secondary N) is 2. The summed E-state index contributed by atoms with van der Waals surface area (Å²) in [6.07, 6.45) is 0. The van der Waals surface area contributed by atoms with E-state index in [4.69, 9.17) is 39.5 Å². The number of carbonyl (C=O) groups is 2. The predicted octanol–water partition coefficient (Wildman–Crippen LogP) is 2.06. The molecule has 1 heterocycles. The highest BCUT2D eigenvalue weighted by Gasteiger charge is 2.58. The monoisotopic (exact) mass is 380 g/mol. The highest BCUT2D eigenvalue weighted by Crippen LogP contribution is 2.42. The summed E-state index contributed by atoms with van der Waals surface area (Å²) in [6, 6.07) is 6.06. The van der Waals surface area contributed by atoms with Crippen molar-refractivity contribution < 1.29 is 19.4 Å². The smallest absolute Gasteiger partial charge is 0.317 e. The summed E-state index contributed by atoms with van der Waals surface area (Å²) in [7, 11) is 0. The number of hydrogen-bond acceptors (Lipinski definition) is 4. The number of benzene rings is 1. The fourth-order valence-corrected chi connectivity index (χ4v) is 3.05. The predicted molar refractivity (Wildman–Crippen MR) is 86.2 cm³/mol. The van der Waals surface area contributed by atoms with E-state index in [-0.39, 0.29) is 12.2 Å². The molecule has 1 aromatic carbocycles. The SMILES string of the molecule is CCOC(=O)C1C(C(Cl)(Cl)Cl)NC(=O)NC1(O)c1ccccc1. The second-order valence-electron chi connectivity index (χ2n) is 4.98. The van der Waals surface area contributed by atoms with Crippen molar-refractivity contribution in [3.63, 3.8) is 0 Å². The van der Waals surface area contributed by atoms with E-state index >= 15 is 0 Å². The van der Waals surface area contributed by atoms with E-state index in [0.29, 0.717) is 0 Å². The van der Waals surface area contributed by atoms with Crippen molar-refractivity contribution in [2.45, 2.75) is 22.5 Å². The number of rotatable bonds is 3. The Balaban J connectivity index is 2.56. The summed E-state index contributed by atoms with van der Waals surface area (Å²) < 4.78 is 2.96. The van der Waals surface area contributed by atoms with E-state index in [1.54, 1.807) is 37.3 Å². The Kier molecular flexibility index (Phi) is 5.30. The van der Waals surface area contributed by atoms with E-state index in [1.807, 2.05) is 0 Å². The van der Waals surface area contributed by atoms with Gasteiger partial charge in [-0.15, -0.1) is 0 Å². The lowest BCUT2D eigenvalue weighted by molar-refractivity contribution is -0.166. The first-order valence-electron chi connectivity index (χ1n) is 6.80. The molecule has 9 heteroatoms. The largest absolute Gasteiger partial charge is 0.466 e. The van der Waals surface area contributed by atoms with E-state index < -0.39 is 33.5 Å². The minimum atomic E-state index is -2.08. The molecule has 3 atom stereocenters. The van der Waals surface area contributed by atoms with Gasteiger partial charge in [-0.2, -0.15) is 0 Å². The third-order valence-corrected chi connectivity index (χ3v) is 4.19. The number of halogens is 3. The van der Waals surface area contributed by atoms with Gasteiger partial charge in [0.05, 0.1) is 12.6 Å². The summed E-state index contributed by atoms with van der Waals surface area (Å²) >= 11 is 17.7. The lowest BCUT2D eigenvalue weighted by atomic mass is 9.82. The first-order valence-corrected chi connectivity index (χ1v) is 7.93. The lowest BCUT2D eigenvalue weighted by Crippen LogP contribution is -2.71. The third-order valence-electron chi connectivity index (χ3n) is 3.48. The Morgan fingerprint density at radius 3 is 2.48 bits per heavy atom. The number of aliphatic hydroxyl groups is 1. The zero-order valence-electron chi connectivity index (χ0n) is 12.1. The average molecular weight is 382 g/mol. The first kappa shape index (κ1) is 18.1. The molecule has 1 fully saturated rings. The molecule has 1 aliphatic heterocycles. The van der Waals surface area contributed by atoms with Crippen LogP contribution in [-0.4, -0.2) is 33.5 Å². The molecule has 3 N–H and O–H groups in total. The maximum absolute atomic E-state index is 12.4. The normalized spacial score (nSPS) is 27.8. The molecule has 23 heavy (non-hydrogen) atoms. The fourth-order valence-electron chi connectivity index (χ4n) is 2.51. The van der Waals surface area contributed by atoms with Gasteiger partial charge < -0.3 is 20.5 Å². The molecule has 1 saturated heterocycles. The zero-order valence-corrected chi connectivity index (χ0v) is 14.3. The van der Waals surface area contributed by atoms with Gasteiger partial charge in [0.15, 0.2) is 5.72 Å². The molecule has 3 unspecified atom stereocenters. The number of ether oxygens (including phenoxy) is 1. The van der Waals surface area contributed by atoms with Crippen molar-refractivity contribution in [1.82, 2.24) is 10.6 Å². The lowest BCUT2D eigenvalue weighted by Gasteiger charge is -2.45. The molecule has 1 aromatic rings. The van der Waals surface area contributed by atoms with Crippen LogP contribution in [0.1, 0.15) is 12.5 Å². The Morgan fingerprint density at radius 1 is 1.35 bits per heavy atom. The van der Waals surface area contributed by atoms with Gasteiger partial charge in [0.1, 0.15) is 5.92 Å². The van der Waals surface area contributed by atoms with E-state index in [2.05, 4.69) is 10.6 Å². The molecule has 0 bridgehead atoms. The number of hydrogen-bond donors (Lipinski definition) is 3. The van der Waals surface area contributed by atoms with Gasteiger partial charge in [-0.05, 0) is 6.92 Å². The second kappa shape index (κ2) is 6.73. The van der Waals surface area contributed by atoms with Crippen molar-refractivity contribution >= 4 is 46.8 Å². The summed E-state index contributed by atoms with van der Waals surface area (Å²) in [5.41, 5.74) is -1.81. The third kappa shape index (κ3) is 3.66. The highest BCUT2D eigenvalue weighted by molar-refractivity contribution is 6.68. The van der Waals surface area contributed by atoms with Crippen LogP contribution in [0.25, 0.3) is 0 Å². The van der Waals surface area contributed by atoms with Crippen LogP contribution in [0, 0.1) is 5.92 Å². The Morgan fingerprint density at radius 2 is 1.96 bits per heavy atom. The van der Waals surface area contributed by atoms with Crippen LogP contribution in [0.4, 0.5) is 4.79 Å². The highest BCUT2D eigenvalue weighted by atomic mass is 35.6. The van der Waals surface area contributed by atoms with Crippen molar-refractivity contribution in [3.8, 4) is 0 Å². The van der Waals surface area contributed by atoms with Crippen molar-refractivity contribution in [2.24, 2.45) is 5.92 Å². The number of amides is 2. The maximum atomic E-state index is 12.4. The molecule has 0 saturated carbocycles. The summed E-state index contributed by atoms with van der Waals surface area (Å²) in [6.45, 7) is 1.68. The summed E-state index contributed by atoms with van der Waals surface area (Å²) in [5.74, 6) is -2.17. The van der Waals surface area contributed by atoms with Gasteiger partial charge in [-0.25, -0.2) is 4.79 Å². The Hall–Kier alpha value is -1.21. The molecule has 126 valence electrons. The van der Waals surface area contributed by atoms with Gasteiger partial charge in [0.2, 0.25) is 3.79 Å². The summed E-state index contributed by atoms with van der Waals surface area (Å²) in [4.78, 5) is 24.3. The molecular formula is C14H15Cl3N2O4. The van der Waals surface area contributed by atoms with E-state index in [1.165, 1.54) is 0 Å². The van der Waals surface area contributed by atoms with Gasteiger partial charge in [-0.3, -0.25) is 4.79 Å². The van der Waals surface area contributed by atoms with Gasteiger partial charge in [0.25, 0.3) is 0 Å². The van der Waals surface area contributed by atoms with Gasteiger partial charge in [-0.1, -0.05) is 65.1 Å². The van der Waals surface area contributed by atoms with Crippen LogP contribution in [0.3, 0.4) is 0 Å². The number of urea groups is 1. The van der Waals surface area contributed by atoms with Crippen LogP contribution < -0.4 is 10.6 Å². The van der Waals surface area contributed by atoms with Crippen molar-refractivity contribution in [3.05, 3.63) is 35.9 Å². The molecule has 2 rings (SSSR count). The topological polar surface area (TPSA) is 87.7 Å². The van der Waals surface area contributed by atoms with Crippen LogP contribution in [-0.2, 0) is 15.3 Å². The fraction of sp³-hybridized carbons (Fsp3) is 0.429. The Bertz CT molecular complexity index is 593. The minimum Gasteiger partial charge on any atom is -0.466 e. The number of carbonyl (C=O) groups excluding carboxylic acids is 2. The average Bonchev–Trinajstić information content (AvgIpc) is 2.46. The van der Waals surface area contributed by atoms with E-state index in [9.17, 15) is 14.7 Å². The van der Waals surface area contributed by atoms with Crippen LogP contribution >= 0.6 is 34.8 Å². The van der Waals surface area contributed by atoms with Gasteiger partial charge >= 0.3 is 12.0 Å².